The Bertz CT molecular complexity index is 550. The van der Waals surface area contributed by atoms with Crippen molar-refractivity contribution in [2.45, 2.75) is 19.2 Å². The predicted molar refractivity (Wildman–Crippen MR) is 75.6 cm³/mol. The van der Waals surface area contributed by atoms with Crippen LogP contribution >= 0.6 is 38.9 Å². The normalized spacial score (nSPS) is 12.8. The van der Waals surface area contributed by atoms with Gasteiger partial charge in [-0.25, -0.2) is 4.39 Å². The lowest BCUT2D eigenvalue weighted by Crippen LogP contribution is -1.97. The summed E-state index contributed by atoms with van der Waals surface area (Å²) < 4.78 is 14.8. The molecule has 1 unspecified atom stereocenters. The standard InChI is InChI=1S/C13H11BrClFS/c1-7-3-4-11(16)10(5-7)13(15)9-6-12(14)17-8(9)2/h3-6,13H,1-2H3. The second-order valence-corrected chi connectivity index (χ2v) is 7.02. The van der Waals surface area contributed by atoms with Gasteiger partial charge in [0.15, 0.2) is 0 Å². The van der Waals surface area contributed by atoms with Crippen molar-refractivity contribution < 1.29 is 4.39 Å². The maximum Gasteiger partial charge on any atom is 0.128 e. The molecule has 2 aromatic rings. The van der Waals surface area contributed by atoms with E-state index in [0.29, 0.717) is 5.56 Å². The van der Waals surface area contributed by atoms with E-state index < -0.39 is 5.38 Å². The van der Waals surface area contributed by atoms with E-state index in [1.807, 2.05) is 19.9 Å². The maximum atomic E-state index is 13.8. The van der Waals surface area contributed by atoms with Gasteiger partial charge in [-0.05, 0) is 47.5 Å². The van der Waals surface area contributed by atoms with E-state index in [1.165, 1.54) is 6.07 Å². The fourth-order valence-corrected chi connectivity index (χ4v) is 3.94. The molecule has 0 bridgehead atoms. The highest BCUT2D eigenvalue weighted by Crippen LogP contribution is 2.38. The van der Waals surface area contributed by atoms with E-state index in [9.17, 15) is 4.39 Å². The molecule has 90 valence electrons. The van der Waals surface area contributed by atoms with Gasteiger partial charge in [-0.2, -0.15) is 0 Å². The van der Waals surface area contributed by atoms with Crippen molar-refractivity contribution >= 4 is 38.9 Å². The zero-order valence-corrected chi connectivity index (χ0v) is 12.6. The molecule has 1 heterocycles. The molecule has 1 aromatic carbocycles. The summed E-state index contributed by atoms with van der Waals surface area (Å²) in [5, 5.41) is -0.433. The summed E-state index contributed by atoms with van der Waals surface area (Å²) in [5.74, 6) is -0.252. The molecule has 0 spiro atoms. The van der Waals surface area contributed by atoms with E-state index in [4.69, 9.17) is 11.6 Å². The van der Waals surface area contributed by atoms with Crippen molar-refractivity contribution in [1.29, 1.82) is 0 Å². The van der Waals surface area contributed by atoms with Crippen molar-refractivity contribution in [3.63, 3.8) is 0 Å². The Kier molecular flexibility index (Phi) is 3.91. The van der Waals surface area contributed by atoms with Gasteiger partial charge in [0.25, 0.3) is 0 Å². The minimum absolute atomic E-state index is 0.252. The fraction of sp³-hybridized carbons (Fsp3) is 0.231. The Balaban J connectivity index is 2.46. The van der Waals surface area contributed by atoms with Gasteiger partial charge < -0.3 is 0 Å². The van der Waals surface area contributed by atoms with Gasteiger partial charge in [-0.1, -0.05) is 17.7 Å². The average molecular weight is 334 g/mol. The molecule has 4 heteroatoms. The van der Waals surface area contributed by atoms with Crippen molar-refractivity contribution in [3.8, 4) is 0 Å². The molecule has 0 aliphatic rings. The number of halogens is 3. The first kappa shape index (κ1) is 13.1. The van der Waals surface area contributed by atoms with E-state index in [-0.39, 0.29) is 5.82 Å². The van der Waals surface area contributed by atoms with Crippen molar-refractivity contribution in [2.24, 2.45) is 0 Å². The molecule has 0 N–H and O–H groups in total. The molecule has 0 saturated carbocycles. The van der Waals surface area contributed by atoms with Gasteiger partial charge in [0.2, 0.25) is 0 Å². The summed E-state index contributed by atoms with van der Waals surface area (Å²) in [4.78, 5) is 1.11. The van der Waals surface area contributed by atoms with Crippen molar-refractivity contribution in [1.82, 2.24) is 0 Å². The lowest BCUT2D eigenvalue weighted by Gasteiger charge is -2.11. The third-order valence-electron chi connectivity index (χ3n) is 2.62. The summed E-state index contributed by atoms with van der Waals surface area (Å²) in [6, 6.07) is 6.98. The quantitative estimate of drug-likeness (QED) is 0.628. The Morgan fingerprint density at radius 1 is 1.24 bits per heavy atom. The van der Waals surface area contributed by atoms with E-state index in [0.717, 1.165) is 19.8 Å². The van der Waals surface area contributed by atoms with Gasteiger partial charge >= 0.3 is 0 Å². The Morgan fingerprint density at radius 3 is 2.53 bits per heavy atom. The monoisotopic (exact) mass is 332 g/mol. The molecule has 0 aliphatic heterocycles. The zero-order valence-electron chi connectivity index (χ0n) is 9.43. The van der Waals surface area contributed by atoms with Crippen LogP contribution in [0.4, 0.5) is 4.39 Å². The number of thiophene rings is 1. The van der Waals surface area contributed by atoms with Crippen LogP contribution in [0.25, 0.3) is 0 Å². The van der Waals surface area contributed by atoms with Crippen LogP contribution in [0.5, 0.6) is 0 Å². The lowest BCUT2D eigenvalue weighted by molar-refractivity contribution is 0.612. The third-order valence-corrected chi connectivity index (χ3v) is 4.66. The first-order valence-electron chi connectivity index (χ1n) is 5.15. The van der Waals surface area contributed by atoms with Crippen LogP contribution in [0.1, 0.15) is 26.9 Å². The first-order chi connectivity index (χ1) is 7.99. The molecule has 0 nitrogen and oxygen atoms in total. The highest BCUT2D eigenvalue weighted by Gasteiger charge is 2.19. The molecule has 1 atom stereocenters. The Hall–Kier alpha value is -0.380. The summed E-state index contributed by atoms with van der Waals surface area (Å²) in [6.45, 7) is 3.93. The predicted octanol–water partition coefficient (Wildman–Crippen LogP) is 5.59. The summed E-state index contributed by atoms with van der Waals surface area (Å²) >= 11 is 11.4. The van der Waals surface area contributed by atoms with Crippen LogP contribution in [0, 0.1) is 19.7 Å². The average Bonchev–Trinajstić information content (AvgIpc) is 2.60. The van der Waals surface area contributed by atoms with E-state index >= 15 is 0 Å². The fourth-order valence-electron chi connectivity index (χ4n) is 1.74. The number of rotatable bonds is 2. The molecule has 17 heavy (non-hydrogen) atoms. The number of alkyl halides is 1. The largest absolute Gasteiger partial charge is 0.207 e. The summed E-state index contributed by atoms with van der Waals surface area (Å²) in [6.07, 6.45) is 0. The molecule has 1 aromatic heterocycles. The smallest absolute Gasteiger partial charge is 0.128 e. The van der Waals surface area contributed by atoms with Crippen LogP contribution in [-0.4, -0.2) is 0 Å². The second-order valence-electron chi connectivity index (χ2n) is 3.95. The molecular weight excluding hydrogens is 323 g/mol. The number of hydrogen-bond donors (Lipinski definition) is 0. The molecule has 0 saturated heterocycles. The van der Waals surface area contributed by atoms with Gasteiger partial charge in [-0.3, -0.25) is 0 Å². The third kappa shape index (κ3) is 2.72. The number of aryl methyl sites for hydroxylation is 2. The topological polar surface area (TPSA) is 0 Å². The molecule has 0 amide bonds. The van der Waals surface area contributed by atoms with Crippen LogP contribution in [-0.2, 0) is 0 Å². The van der Waals surface area contributed by atoms with Crippen LogP contribution < -0.4 is 0 Å². The second kappa shape index (κ2) is 5.09. The molecule has 0 radical (unpaired) electrons. The minimum Gasteiger partial charge on any atom is -0.207 e. The van der Waals surface area contributed by atoms with Crippen LogP contribution in [0.3, 0.4) is 0 Å². The zero-order chi connectivity index (χ0) is 12.6. The Labute approximate surface area is 118 Å². The number of hydrogen-bond acceptors (Lipinski definition) is 1. The minimum atomic E-state index is -0.433. The summed E-state index contributed by atoms with van der Waals surface area (Å²) in [5.41, 5.74) is 2.52. The molecule has 0 aliphatic carbocycles. The highest BCUT2D eigenvalue weighted by molar-refractivity contribution is 9.11. The van der Waals surface area contributed by atoms with Gasteiger partial charge in [0.05, 0.1) is 9.16 Å². The van der Waals surface area contributed by atoms with E-state index in [1.54, 1.807) is 23.5 Å². The summed E-state index contributed by atoms with van der Waals surface area (Å²) in [7, 11) is 0. The van der Waals surface area contributed by atoms with Crippen LogP contribution in [0.2, 0.25) is 0 Å². The van der Waals surface area contributed by atoms with Crippen molar-refractivity contribution in [3.05, 3.63) is 55.4 Å². The van der Waals surface area contributed by atoms with Gasteiger partial charge in [0.1, 0.15) is 5.82 Å². The lowest BCUT2D eigenvalue weighted by atomic mass is 10.0. The number of benzene rings is 1. The first-order valence-corrected chi connectivity index (χ1v) is 7.19. The van der Waals surface area contributed by atoms with Gasteiger partial charge in [0, 0.05) is 10.4 Å². The molecule has 2 rings (SSSR count). The maximum absolute atomic E-state index is 13.8. The molecule has 0 fully saturated rings. The highest BCUT2D eigenvalue weighted by atomic mass is 79.9. The molecular formula is C13H11BrClFS. The van der Waals surface area contributed by atoms with E-state index in [2.05, 4.69) is 15.9 Å². The SMILES string of the molecule is Cc1ccc(F)c(C(Cl)c2cc(Br)sc2C)c1. The van der Waals surface area contributed by atoms with Crippen LogP contribution in [0.15, 0.2) is 28.1 Å². The Morgan fingerprint density at radius 2 is 1.94 bits per heavy atom. The van der Waals surface area contributed by atoms with Crippen molar-refractivity contribution in [2.75, 3.05) is 0 Å². The van der Waals surface area contributed by atoms with Gasteiger partial charge in [-0.15, -0.1) is 22.9 Å².